The van der Waals surface area contributed by atoms with Gasteiger partial charge in [0.25, 0.3) is 0 Å². The molecule has 0 amide bonds. The van der Waals surface area contributed by atoms with E-state index in [1.165, 1.54) is 0 Å². The third-order valence-corrected chi connectivity index (χ3v) is 4.92. The molecule has 112 valence electrons. The number of nitrogens with zero attached hydrogens (tertiary/aromatic N) is 2. The Morgan fingerprint density at radius 2 is 1.95 bits per heavy atom. The summed E-state index contributed by atoms with van der Waals surface area (Å²) in [7, 11) is -2.83. The van der Waals surface area contributed by atoms with Crippen molar-refractivity contribution in [3.05, 3.63) is 24.0 Å². The average molecular weight is 297 g/mol. The minimum atomic E-state index is -2.83. The fraction of sp³-hybridized carbons (Fsp3) is 0.643. The fourth-order valence-electron chi connectivity index (χ4n) is 2.09. The van der Waals surface area contributed by atoms with Crippen molar-refractivity contribution in [1.82, 2.24) is 10.3 Å². The second-order valence-electron chi connectivity index (χ2n) is 6.25. The van der Waals surface area contributed by atoms with Gasteiger partial charge in [0, 0.05) is 37.1 Å². The number of hydrogen-bond acceptors (Lipinski definition) is 5. The third-order valence-electron chi connectivity index (χ3n) is 3.31. The molecule has 0 atom stereocenters. The molecule has 6 heteroatoms. The van der Waals surface area contributed by atoms with E-state index >= 15 is 0 Å². The van der Waals surface area contributed by atoms with Crippen molar-refractivity contribution in [1.29, 1.82) is 0 Å². The Balaban J connectivity index is 2.03. The molecule has 0 aromatic carbocycles. The van der Waals surface area contributed by atoms with E-state index in [1.54, 1.807) is 6.20 Å². The summed E-state index contributed by atoms with van der Waals surface area (Å²) in [5, 5.41) is 3.40. The highest BCUT2D eigenvalue weighted by atomic mass is 32.2. The lowest BCUT2D eigenvalue weighted by molar-refractivity contribution is 0.421. The normalized spacial score (nSPS) is 19.1. The number of pyridine rings is 1. The summed E-state index contributed by atoms with van der Waals surface area (Å²) in [5.74, 6) is 0.482. The van der Waals surface area contributed by atoms with Crippen molar-refractivity contribution >= 4 is 15.5 Å². The van der Waals surface area contributed by atoms with Crippen LogP contribution in [0.4, 0.5) is 5.69 Å². The number of sulfone groups is 1. The summed E-state index contributed by atoms with van der Waals surface area (Å²) in [5.41, 5.74) is 2.09. The van der Waals surface area contributed by atoms with Crippen molar-refractivity contribution in [2.24, 2.45) is 0 Å². The van der Waals surface area contributed by atoms with Crippen molar-refractivity contribution < 1.29 is 8.42 Å². The Kier molecular flexibility index (Phi) is 4.34. The minimum Gasteiger partial charge on any atom is -0.369 e. The van der Waals surface area contributed by atoms with Crippen LogP contribution in [0.5, 0.6) is 0 Å². The maximum absolute atomic E-state index is 11.5. The molecule has 0 unspecified atom stereocenters. The molecule has 0 bridgehead atoms. The van der Waals surface area contributed by atoms with Crippen molar-refractivity contribution in [2.75, 3.05) is 29.5 Å². The van der Waals surface area contributed by atoms with Gasteiger partial charge in [0.05, 0.1) is 17.2 Å². The van der Waals surface area contributed by atoms with E-state index < -0.39 is 9.84 Å². The highest BCUT2D eigenvalue weighted by molar-refractivity contribution is 7.91. The van der Waals surface area contributed by atoms with E-state index in [1.807, 2.05) is 12.1 Å². The van der Waals surface area contributed by atoms with Gasteiger partial charge in [-0.3, -0.25) is 4.98 Å². The van der Waals surface area contributed by atoms with Gasteiger partial charge in [-0.25, -0.2) is 8.42 Å². The zero-order valence-electron chi connectivity index (χ0n) is 12.4. The molecule has 2 rings (SSSR count). The lowest BCUT2D eigenvalue weighted by Crippen LogP contribution is -2.40. The van der Waals surface area contributed by atoms with Gasteiger partial charge in [-0.15, -0.1) is 0 Å². The van der Waals surface area contributed by atoms with Crippen molar-refractivity contribution in [3.63, 3.8) is 0 Å². The summed E-state index contributed by atoms with van der Waals surface area (Å²) in [6.45, 7) is 8.20. The highest BCUT2D eigenvalue weighted by Crippen LogP contribution is 2.18. The topological polar surface area (TPSA) is 62.3 Å². The first-order valence-electron chi connectivity index (χ1n) is 6.91. The van der Waals surface area contributed by atoms with Gasteiger partial charge in [-0.2, -0.15) is 0 Å². The maximum atomic E-state index is 11.5. The fourth-order valence-corrected chi connectivity index (χ4v) is 3.29. The number of hydrogen-bond donors (Lipinski definition) is 1. The maximum Gasteiger partial charge on any atom is 0.153 e. The monoisotopic (exact) mass is 297 g/mol. The van der Waals surface area contributed by atoms with E-state index in [4.69, 9.17) is 0 Å². The van der Waals surface area contributed by atoms with Gasteiger partial charge < -0.3 is 10.2 Å². The van der Waals surface area contributed by atoms with E-state index in [2.05, 4.69) is 36.0 Å². The van der Waals surface area contributed by atoms with E-state index in [9.17, 15) is 8.42 Å². The van der Waals surface area contributed by atoms with Gasteiger partial charge in [0.15, 0.2) is 9.84 Å². The van der Waals surface area contributed by atoms with Gasteiger partial charge in [-0.05, 0) is 32.9 Å². The summed E-state index contributed by atoms with van der Waals surface area (Å²) in [6.07, 6.45) is 1.79. The first-order chi connectivity index (χ1) is 9.25. The molecule has 0 aliphatic carbocycles. The Labute approximate surface area is 121 Å². The molecule has 0 saturated carbocycles. The standard InChI is InChI=1S/C14H23N3O2S/c1-14(2,3)16-11-12-10-13(4-5-15-12)17-6-8-20(18,19)9-7-17/h4-5,10,16H,6-9,11H2,1-3H3. The van der Waals surface area contributed by atoms with Gasteiger partial charge in [0.1, 0.15) is 0 Å². The predicted molar refractivity (Wildman–Crippen MR) is 81.7 cm³/mol. The average Bonchev–Trinajstić information content (AvgIpc) is 2.36. The quantitative estimate of drug-likeness (QED) is 0.908. The van der Waals surface area contributed by atoms with Gasteiger partial charge in [-0.1, -0.05) is 0 Å². The van der Waals surface area contributed by atoms with Crippen LogP contribution >= 0.6 is 0 Å². The third kappa shape index (κ3) is 4.45. The molecule has 1 saturated heterocycles. The molecule has 5 nitrogen and oxygen atoms in total. The number of nitrogens with one attached hydrogen (secondary N) is 1. The molecule has 0 spiro atoms. The summed E-state index contributed by atoms with van der Waals surface area (Å²) >= 11 is 0. The van der Waals surface area contributed by atoms with E-state index in [-0.39, 0.29) is 17.0 Å². The molecule has 1 aromatic heterocycles. The Morgan fingerprint density at radius 3 is 2.55 bits per heavy atom. The van der Waals surface area contributed by atoms with Crippen molar-refractivity contribution in [3.8, 4) is 0 Å². The highest BCUT2D eigenvalue weighted by Gasteiger charge is 2.22. The van der Waals surface area contributed by atoms with Crippen LogP contribution < -0.4 is 10.2 Å². The molecular formula is C14H23N3O2S. The SMILES string of the molecule is CC(C)(C)NCc1cc(N2CCS(=O)(=O)CC2)ccn1. The molecule has 1 aliphatic rings. The first-order valence-corrected chi connectivity index (χ1v) is 8.73. The molecule has 1 N–H and O–H groups in total. The molecule has 0 radical (unpaired) electrons. The Bertz CT molecular complexity index is 550. The van der Waals surface area contributed by atoms with Crippen LogP contribution in [0.25, 0.3) is 0 Å². The second-order valence-corrected chi connectivity index (χ2v) is 8.55. The molecule has 1 aromatic rings. The summed E-state index contributed by atoms with van der Waals surface area (Å²) in [6, 6.07) is 3.98. The summed E-state index contributed by atoms with van der Waals surface area (Å²) < 4.78 is 22.9. The molecule has 20 heavy (non-hydrogen) atoms. The van der Waals surface area contributed by atoms with Crippen molar-refractivity contribution in [2.45, 2.75) is 32.9 Å². The number of aromatic nitrogens is 1. The van der Waals surface area contributed by atoms with Crippen LogP contribution in [0, 0.1) is 0 Å². The Hall–Kier alpha value is -1.14. The smallest absolute Gasteiger partial charge is 0.153 e. The zero-order valence-corrected chi connectivity index (χ0v) is 13.2. The summed E-state index contributed by atoms with van der Waals surface area (Å²) in [4.78, 5) is 6.47. The minimum absolute atomic E-state index is 0.0525. The predicted octanol–water partition coefficient (Wildman–Crippen LogP) is 1.20. The molecule has 2 heterocycles. The largest absolute Gasteiger partial charge is 0.369 e. The lowest BCUT2D eigenvalue weighted by atomic mass is 10.1. The van der Waals surface area contributed by atoms with Crippen LogP contribution in [-0.2, 0) is 16.4 Å². The van der Waals surface area contributed by atoms with Crippen LogP contribution in [0.15, 0.2) is 18.3 Å². The Morgan fingerprint density at radius 1 is 1.30 bits per heavy atom. The number of anilines is 1. The van der Waals surface area contributed by atoms with Crippen LogP contribution in [0.3, 0.4) is 0 Å². The van der Waals surface area contributed by atoms with E-state index in [0.29, 0.717) is 19.6 Å². The van der Waals surface area contributed by atoms with Crippen LogP contribution in [0.2, 0.25) is 0 Å². The zero-order chi connectivity index (χ0) is 14.8. The molecular weight excluding hydrogens is 274 g/mol. The lowest BCUT2D eigenvalue weighted by Gasteiger charge is -2.29. The molecule has 1 fully saturated rings. The van der Waals surface area contributed by atoms with Gasteiger partial charge >= 0.3 is 0 Å². The van der Waals surface area contributed by atoms with Gasteiger partial charge in [0.2, 0.25) is 0 Å². The molecule has 1 aliphatic heterocycles. The second kappa shape index (κ2) is 5.69. The van der Waals surface area contributed by atoms with Crippen LogP contribution in [0.1, 0.15) is 26.5 Å². The van der Waals surface area contributed by atoms with Crippen LogP contribution in [-0.4, -0.2) is 43.5 Å². The number of rotatable bonds is 3. The van der Waals surface area contributed by atoms with E-state index in [0.717, 1.165) is 11.4 Å². The first kappa shape index (κ1) is 15.3.